The van der Waals surface area contributed by atoms with Crippen LogP contribution in [0, 0.1) is 5.82 Å². The summed E-state index contributed by atoms with van der Waals surface area (Å²) in [7, 11) is -1.17. The summed E-state index contributed by atoms with van der Waals surface area (Å²) in [5.74, 6) is 0.858. The van der Waals surface area contributed by atoms with Crippen LogP contribution in [0.1, 0.15) is 6.92 Å². The van der Waals surface area contributed by atoms with Gasteiger partial charge in [0, 0.05) is 12.1 Å². The summed E-state index contributed by atoms with van der Waals surface area (Å²) in [5.41, 5.74) is 1.50. The third-order valence-electron chi connectivity index (χ3n) is 5.50. The van der Waals surface area contributed by atoms with Crippen LogP contribution in [0.5, 0.6) is 17.4 Å². The predicted molar refractivity (Wildman–Crippen MR) is 139 cm³/mol. The minimum atomic E-state index is -4.20. The molecular weight excluding hydrogens is 529 g/mol. The molecule has 0 saturated carbocycles. The van der Waals surface area contributed by atoms with E-state index in [1.165, 1.54) is 20.3 Å². The summed E-state index contributed by atoms with van der Waals surface area (Å²) in [6.07, 6.45) is 0.808. The van der Waals surface area contributed by atoms with Gasteiger partial charge in [-0.05, 0) is 37.3 Å². The van der Waals surface area contributed by atoms with Crippen molar-refractivity contribution < 1.29 is 27.0 Å². The lowest BCUT2D eigenvalue weighted by molar-refractivity contribution is 0.327. The first kappa shape index (κ1) is 25.8. The average molecular weight is 552 g/mol. The van der Waals surface area contributed by atoms with Crippen molar-refractivity contribution in [2.45, 2.75) is 11.9 Å². The zero-order chi connectivity index (χ0) is 27.6. The summed E-state index contributed by atoms with van der Waals surface area (Å²) in [6.45, 7) is 2.27. The maximum atomic E-state index is 13.3. The van der Waals surface area contributed by atoms with Crippen molar-refractivity contribution in [2.75, 3.05) is 25.5 Å². The van der Waals surface area contributed by atoms with Gasteiger partial charge in [-0.15, -0.1) is 10.2 Å². The summed E-state index contributed by atoms with van der Waals surface area (Å²) >= 11 is 0. The van der Waals surface area contributed by atoms with E-state index >= 15 is 0 Å². The molecule has 0 saturated heterocycles. The Labute approximate surface area is 222 Å². The molecule has 14 heteroatoms. The number of para-hydroxylation sites is 1. The van der Waals surface area contributed by atoms with Crippen LogP contribution in [0.4, 0.5) is 10.2 Å². The lowest BCUT2D eigenvalue weighted by atomic mass is 10.2. The van der Waals surface area contributed by atoms with Crippen molar-refractivity contribution in [3.63, 3.8) is 0 Å². The zero-order valence-electron chi connectivity index (χ0n) is 21.0. The molecule has 0 amide bonds. The van der Waals surface area contributed by atoms with Crippen molar-refractivity contribution >= 4 is 27.0 Å². The van der Waals surface area contributed by atoms with Crippen LogP contribution in [0.25, 0.3) is 28.4 Å². The maximum Gasteiger partial charge on any atom is 0.280 e. The van der Waals surface area contributed by atoms with E-state index in [1.807, 2.05) is 6.92 Å². The number of ether oxygens (including phenoxy) is 3. The summed E-state index contributed by atoms with van der Waals surface area (Å²) in [5, 5.41) is 7.74. The van der Waals surface area contributed by atoms with Crippen molar-refractivity contribution in [2.24, 2.45) is 0 Å². The lowest BCUT2D eigenvalue weighted by Crippen LogP contribution is -2.16. The van der Waals surface area contributed by atoms with E-state index in [0.29, 0.717) is 46.7 Å². The van der Waals surface area contributed by atoms with E-state index in [9.17, 15) is 12.8 Å². The number of hydrogen-bond donors (Lipinski definition) is 1. The molecule has 39 heavy (non-hydrogen) atoms. The number of imidazole rings is 1. The molecule has 4 aromatic heterocycles. The lowest BCUT2D eigenvalue weighted by Gasteiger charge is -2.17. The van der Waals surface area contributed by atoms with Crippen LogP contribution < -0.4 is 18.9 Å². The minimum Gasteiger partial charge on any atom is -0.494 e. The Morgan fingerprint density at radius 2 is 1.72 bits per heavy atom. The van der Waals surface area contributed by atoms with Gasteiger partial charge in [-0.2, -0.15) is 8.42 Å². The van der Waals surface area contributed by atoms with Crippen LogP contribution in [0.15, 0.2) is 65.8 Å². The van der Waals surface area contributed by atoms with Gasteiger partial charge in [0.1, 0.15) is 28.7 Å². The Kier molecular flexibility index (Phi) is 6.94. The van der Waals surface area contributed by atoms with Crippen LogP contribution in [-0.4, -0.2) is 59.0 Å². The maximum absolute atomic E-state index is 13.3. The summed E-state index contributed by atoms with van der Waals surface area (Å²) < 4.78 is 59.9. The molecule has 0 aliphatic rings. The molecule has 0 aliphatic heterocycles. The highest BCUT2D eigenvalue weighted by Gasteiger charge is 2.24. The normalized spacial score (nSPS) is 11.4. The van der Waals surface area contributed by atoms with Gasteiger partial charge in [-0.25, -0.2) is 19.3 Å². The zero-order valence-corrected chi connectivity index (χ0v) is 21.8. The number of hydrogen-bond acceptors (Lipinski definition) is 10. The number of pyridine rings is 2. The van der Waals surface area contributed by atoms with Gasteiger partial charge in [0.2, 0.25) is 11.5 Å². The van der Waals surface area contributed by atoms with Gasteiger partial charge in [0.15, 0.2) is 16.7 Å². The molecule has 1 N–H and O–H groups in total. The number of sulfonamides is 1. The van der Waals surface area contributed by atoms with E-state index in [1.54, 1.807) is 41.0 Å². The summed E-state index contributed by atoms with van der Waals surface area (Å²) in [4.78, 5) is 12.9. The molecule has 0 bridgehead atoms. The first-order valence-electron chi connectivity index (χ1n) is 11.6. The van der Waals surface area contributed by atoms with Gasteiger partial charge >= 0.3 is 0 Å². The number of anilines is 1. The smallest absolute Gasteiger partial charge is 0.280 e. The van der Waals surface area contributed by atoms with Crippen LogP contribution in [-0.2, 0) is 10.0 Å². The quantitative estimate of drug-likeness (QED) is 0.288. The number of aromatic nitrogens is 6. The van der Waals surface area contributed by atoms with Crippen molar-refractivity contribution in [3.05, 3.63) is 66.6 Å². The SMILES string of the molecule is CCOc1cccc(-c2nc3nnc(NS(=O)(=O)c4ccc(F)cn4)cc3n2-c2c(OC)cccc2OC)n1. The Morgan fingerprint density at radius 1 is 0.974 bits per heavy atom. The van der Waals surface area contributed by atoms with Crippen molar-refractivity contribution in [1.82, 2.24) is 29.7 Å². The van der Waals surface area contributed by atoms with Crippen LogP contribution in [0.2, 0.25) is 0 Å². The van der Waals surface area contributed by atoms with Gasteiger partial charge in [0.05, 0.1) is 32.5 Å². The third-order valence-corrected chi connectivity index (χ3v) is 6.77. The van der Waals surface area contributed by atoms with E-state index in [4.69, 9.17) is 14.2 Å². The van der Waals surface area contributed by atoms with Gasteiger partial charge in [-0.3, -0.25) is 9.29 Å². The minimum absolute atomic E-state index is 0.119. The molecule has 0 atom stereocenters. The molecule has 0 aliphatic carbocycles. The van der Waals surface area contributed by atoms with Gasteiger partial charge in [-0.1, -0.05) is 12.1 Å². The van der Waals surface area contributed by atoms with Crippen molar-refractivity contribution in [1.29, 1.82) is 0 Å². The highest BCUT2D eigenvalue weighted by Crippen LogP contribution is 2.38. The fourth-order valence-corrected chi connectivity index (χ4v) is 4.78. The molecular formula is C25H22FN7O5S. The van der Waals surface area contributed by atoms with E-state index in [2.05, 4.69) is 29.9 Å². The van der Waals surface area contributed by atoms with Crippen LogP contribution >= 0.6 is 0 Å². The molecule has 200 valence electrons. The first-order valence-corrected chi connectivity index (χ1v) is 13.0. The van der Waals surface area contributed by atoms with Gasteiger partial charge < -0.3 is 14.2 Å². The Balaban J connectivity index is 1.73. The highest BCUT2D eigenvalue weighted by atomic mass is 32.2. The number of nitrogens with one attached hydrogen (secondary N) is 1. The fraction of sp³-hybridized carbons (Fsp3) is 0.160. The van der Waals surface area contributed by atoms with Crippen LogP contribution in [0.3, 0.4) is 0 Å². The molecule has 1 aromatic carbocycles. The van der Waals surface area contributed by atoms with E-state index in [-0.39, 0.29) is 16.5 Å². The molecule has 12 nitrogen and oxygen atoms in total. The highest BCUT2D eigenvalue weighted by molar-refractivity contribution is 7.92. The number of benzene rings is 1. The molecule has 0 radical (unpaired) electrons. The average Bonchev–Trinajstić information content (AvgIpc) is 3.31. The number of nitrogens with zero attached hydrogens (tertiary/aromatic N) is 6. The molecule has 5 aromatic rings. The second-order valence-corrected chi connectivity index (χ2v) is 9.56. The number of rotatable bonds is 9. The van der Waals surface area contributed by atoms with Crippen molar-refractivity contribution in [3.8, 4) is 34.6 Å². The topological polar surface area (TPSA) is 143 Å². The third kappa shape index (κ3) is 5.01. The predicted octanol–water partition coefficient (Wildman–Crippen LogP) is 3.63. The van der Waals surface area contributed by atoms with E-state index in [0.717, 1.165) is 18.3 Å². The summed E-state index contributed by atoms with van der Waals surface area (Å²) in [6, 6.07) is 14.0. The Bertz CT molecular complexity index is 1740. The standard InChI is InChI=1S/C25H22FN7O5S/c1-4-38-21-10-5-7-16(28-21)25-29-24-17(33(25)23-18(36-2)8-6-9-19(23)37-3)13-20(30-31-24)32-39(34,35)22-12-11-15(26)14-27-22/h5-14H,4H2,1-3H3,(H,30,32). The fourth-order valence-electron chi connectivity index (χ4n) is 3.86. The van der Waals surface area contributed by atoms with Gasteiger partial charge in [0.25, 0.3) is 10.0 Å². The molecule has 4 heterocycles. The second kappa shape index (κ2) is 10.5. The molecule has 5 rings (SSSR count). The Hall–Kier alpha value is -4.85. The first-order chi connectivity index (χ1) is 18.8. The monoisotopic (exact) mass is 551 g/mol. The van der Waals surface area contributed by atoms with E-state index < -0.39 is 15.8 Å². The second-order valence-electron chi connectivity index (χ2n) is 7.93. The Morgan fingerprint density at radius 3 is 2.38 bits per heavy atom. The molecule has 0 spiro atoms. The number of halogens is 1. The number of methoxy groups -OCH3 is 2. The molecule has 0 fully saturated rings. The number of fused-ring (bicyclic) bond motifs is 1. The molecule has 0 unspecified atom stereocenters. The largest absolute Gasteiger partial charge is 0.494 e.